The maximum Gasteiger partial charge on any atom is 0 e. The predicted molar refractivity (Wildman–Crippen MR) is 22.5 cm³/mol. The normalized spacial score (nSPS) is 0.769. The Balaban J connectivity index is -0.0000000000756. The second-order valence-corrected chi connectivity index (χ2v) is 1.11. The van der Waals surface area contributed by atoms with Gasteiger partial charge in [0.15, 0.2) is 0 Å². The summed E-state index contributed by atoms with van der Waals surface area (Å²) in [6, 6.07) is 0. The smallest absolute Gasteiger partial charge is 0 e. The molecule has 0 unspecified atom stereocenters. The zero-order chi connectivity index (χ0) is 3.41. The molecule has 0 nitrogen and oxygen atoms in total. The average molecular weight is 6510 g/mol. The van der Waals surface area contributed by atoms with Crippen LogP contribution in [0.15, 0.2) is 0 Å². The summed E-state index contributed by atoms with van der Waals surface area (Å²) < 4.78 is 0. The van der Waals surface area contributed by atoms with Gasteiger partial charge in [-0.25, -0.2) is 0 Å². The molecule has 0 aliphatic rings. The van der Waals surface area contributed by atoms with Crippen LogP contribution in [0.5, 0.6) is 0 Å². The van der Waals surface area contributed by atoms with Crippen molar-refractivity contribution in [3.05, 3.63) is 0 Å². The molecule has 0 rings (SSSR count). The molecular formula is C3H7SW35-. The summed E-state index contributed by atoms with van der Waals surface area (Å²) in [7, 11) is 0. The van der Waals surface area contributed by atoms with Crippen LogP contribution in [-0.2, 0) is 750 Å². The number of rotatable bonds is 1. The fourth-order valence-electron chi connectivity index (χ4n) is 0. The van der Waals surface area contributed by atoms with Gasteiger partial charge in [0.25, 0.3) is 0 Å². The van der Waals surface area contributed by atoms with Crippen molar-refractivity contribution in [1.82, 2.24) is 0 Å². The summed E-state index contributed by atoms with van der Waals surface area (Å²) in [6.07, 6.45) is 1.13. The van der Waals surface area contributed by atoms with E-state index in [0.717, 1.165) is 12.2 Å². The average Bonchev–Trinajstić information content (AvgIpc) is 1.37. The van der Waals surface area contributed by atoms with E-state index in [1.807, 2.05) is 0 Å². The summed E-state index contributed by atoms with van der Waals surface area (Å²) in [5.74, 6) is 0.903. The quantitative estimate of drug-likeness (QED) is 0.352. The van der Waals surface area contributed by atoms with Crippen LogP contribution in [0.3, 0.4) is 0 Å². The van der Waals surface area contributed by atoms with Gasteiger partial charge < -0.3 is 12.6 Å². The summed E-state index contributed by atoms with van der Waals surface area (Å²) in [5, 5.41) is 0. The summed E-state index contributed by atoms with van der Waals surface area (Å²) in [5.41, 5.74) is 0. The second-order valence-electron chi connectivity index (χ2n) is 0.704. The maximum absolute atomic E-state index is 4.55. The fraction of sp³-hybridized carbons (Fsp3) is 1.00. The van der Waals surface area contributed by atoms with Gasteiger partial charge >= 0.3 is 0 Å². The third-order valence-electron chi connectivity index (χ3n) is 0.204. The Hall–Kier alpha value is 24.4. The molecule has 0 aliphatic heterocycles. The van der Waals surface area contributed by atoms with Crippen LogP contribution in [0.25, 0.3) is 0 Å². The van der Waals surface area contributed by atoms with Gasteiger partial charge in [0.05, 0.1) is 0 Å². The molecule has 0 bridgehead atoms. The Morgan fingerprint density at radius 1 is 0.205 bits per heavy atom. The summed E-state index contributed by atoms with van der Waals surface area (Å²) >= 11 is 4.55. The van der Waals surface area contributed by atoms with Crippen molar-refractivity contribution < 1.29 is 737 Å². The summed E-state index contributed by atoms with van der Waals surface area (Å²) in [4.78, 5) is 0. The number of hydrogen-bond acceptors (Lipinski definition) is 1. The Morgan fingerprint density at radius 2 is 0.231 bits per heavy atom. The first-order valence-corrected chi connectivity index (χ1v) is 2.07. The van der Waals surface area contributed by atoms with Gasteiger partial charge in [0, 0.05) is 737 Å². The molecule has 236 valence electrons. The first-order valence-electron chi connectivity index (χ1n) is 1.50. The van der Waals surface area contributed by atoms with Crippen molar-refractivity contribution in [2.45, 2.75) is 13.3 Å². The van der Waals surface area contributed by atoms with Gasteiger partial charge in [-0.1, -0.05) is 13.3 Å². The molecule has 0 fully saturated rings. The van der Waals surface area contributed by atoms with Crippen molar-refractivity contribution in [2.24, 2.45) is 0 Å². The Morgan fingerprint density at radius 3 is 0.231 bits per heavy atom. The van der Waals surface area contributed by atoms with Gasteiger partial charge in [-0.15, -0.1) is 0 Å². The molecule has 0 aromatic carbocycles. The molecule has 0 aliphatic carbocycles. The SMILES string of the molecule is CCC[S-].[W].[W].[W].[W].[W].[W].[W].[W].[W].[W].[W].[W].[W].[W].[W].[W].[W].[W].[W].[W].[W].[W].[W].[W].[W].[W].[W].[W].[W].[W].[W].[W].[W].[W].[W]. The van der Waals surface area contributed by atoms with E-state index >= 15 is 0 Å². The molecule has 0 spiro atoms. The van der Waals surface area contributed by atoms with Gasteiger partial charge in [-0.3, -0.25) is 0 Å². The van der Waals surface area contributed by atoms with E-state index < -0.39 is 0 Å². The first-order chi connectivity index (χ1) is 1.91. The van der Waals surface area contributed by atoms with E-state index in [-0.39, 0.29) is 737 Å². The molecule has 39 heavy (non-hydrogen) atoms. The van der Waals surface area contributed by atoms with Gasteiger partial charge in [-0.05, 0) is 0 Å². The van der Waals surface area contributed by atoms with Crippen LogP contribution < -0.4 is 0 Å². The van der Waals surface area contributed by atoms with Gasteiger partial charge in [0.1, 0.15) is 0 Å². The van der Waals surface area contributed by atoms with Gasteiger partial charge in [0.2, 0.25) is 0 Å². The Labute approximate surface area is 746 Å². The largest absolute Gasteiger partial charge is 0.793 e. The monoisotopic (exact) mass is 6510 g/mol. The van der Waals surface area contributed by atoms with E-state index in [1.165, 1.54) is 0 Å². The molecule has 0 saturated heterocycles. The van der Waals surface area contributed by atoms with Crippen LogP contribution in [0.4, 0.5) is 0 Å². The predicted octanol–water partition coefficient (Wildman–Crippen LogP) is 0.856. The third-order valence-corrected chi connectivity index (χ3v) is 0.612. The zero-order valence-electron chi connectivity index (χ0n) is 17.1. The molecule has 0 N–H and O–H groups in total. The summed E-state index contributed by atoms with van der Waals surface area (Å²) in [6.45, 7) is 2.08. The van der Waals surface area contributed by atoms with Crippen LogP contribution >= 0.6 is 0 Å². The van der Waals surface area contributed by atoms with Crippen LogP contribution in [-0.4, -0.2) is 5.75 Å². The molecule has 0 atom stereocenters. The Kier molecular flexibility index (Phi) is 2840. The van der Waals surface area contributed by atoms with Crippen molar-refractivity contribution in [1.29, 1.82) is 0 Å². The molecular weight excluding hydrogens is 6500 g/mol. The van der Waals surface area contributed by atoms with Crippen LogP contribution in [0, 0.1) is 0 Å². The van der Waals surface area contributed by atoms with E-state index in [4.69, 9.17) is 0 Å². The molecule has 0 radical (unpaired) electrons. The van der Waals surface area contributed by atoms with Crippen molar-refractivity contribution >= 4 is 12.6 Å². The van der Waals surface area contributed by atoms with Crippen molar-refractivity contribution in [2.75, 3.05) is 5.75 Å². The maximum atomic E-state index is 4.55. The standard InChI is InChI=1S/C3H8S.35W/c1-2-3-4;;;;;;;;;;;;;;;;;;;;;;;;;;;;;;;;;;;/h4H,2-3H2,1H3;;;;;;;;;;;;;;;;;;;;;;;;;;;;;;;;;;;/p-1. The topological polar surface area (TPSA) is 0 Å². The zero-order valence-corrected chi connectivity index (χ0v) is 121. The Bertz CT molecular complexity index is 23.9. The van der Waals surface area contributed by atoms with E-state index in [9.17, 15) is 0 Å². The third kappa shape index (κ3) is 352. The van der Waals surface area contributed by atoms with Crippen molar-refractivity contribution in [3.63, 3.8) is 0 Å². The molecule has 0 amide bonds. The minimum Gasteiger partial charge on any atom is -0.793 e. The molecule has 0 heterocycles. The van der Waals surface area contributed by atoms with Crippen LogP contribution in [0.2, 0.25) is 0 Å². The second kappa shape index (κ2) is 337. The molecule has 36 heteroatoms. The minimum absolute atomic E-state index is 0. The molecule has 0 aromatic heterocycles. The molecule has 0 saturated carbocycles. The van der Waals surface area contributed by atoms with E-state index in [1.54, 1.807) is 0 Å². The minimum atomic E-state index is 0. The first kappa shape index (κ1) is 328. The number of hydrogen-bond donors (Lipinski definition) is 0. The molecule has 0 aromatic rings. The van der Waals surface area contributed by atoms with Gasteiger partial charge in [-0.2, -0.15) is 5.75 Å². The van der Waals surface area contributed by atoms with Crippen LogP contribution in [0.1, 0.15) is 13.3 Å². The fourth-order valence-corrected chi connectivity index (χ4v) is 0. The van der Waals surface area contributed by atoms with E-state index in [2.05, 4.69) is 19.6 Å². The van der Waals surface area contributed by atoms with E-state index in [0.29, 0.717) is 0 Å². The van der Waals surface area contributed by atoms with Crippen molar-refractivity contribution in [3.8, 4) is 0 Å².